The van der Waals surface area contributed by atoms with Crippen molar-refractivity contribution in [1.29, 1.82) is 0 Å². The van der Waals surface area contributed by atoms with Gasteiger partial charge in [0.2, 0.25) is 5.91 Å². The maximum atomic E-state index is 12.7. The number of nitrogens with zero attached hydrogens (tertiary/aromatic N) is 3. The van der Waals surface area contributed by atoms with Crippen molar-refractivity contribution in [1.82, 2.24) is 20.3 Å². The van der Waals surface area contributed by atoms with Crippen molar-refractivity contribution in [3.8, 4) is 5.75 Å². The maximum absolute atomic E-state index is 12.7. The molecule has 0 bridgehead atoms. The molecule has 3 rings (SSSR count). The first-order valence-corrected chi connectivity index (χ1v) is 8.54. The molecular weight excluding hydrogens is 320 g/mol. The third-order valence-corrected chi connectivity index (χ3v) is 4.43. The maximum Gasteiger partial charge on any atom is 0.223 e. The minimum atomic E-state index is -0.114. The number of benzene rings is 1. The fourth-order valence-electron chi connectivity index (χ4n) is 2.99. The molecule has 0 saturated heterocycles. The lowest BCUT2D eigenvalue weighted by molar-refractivity contribution is -0.126. The van der Waals surface area contributed by atoms with Crippen LogP contribution in [0.3, 0.4) is 0 Å². The first kappa shape index (κ1) is 17.4. The molecule has 0 aliphatic carbocycles. The van der Waals surface area contributed by atoms with E-state index in [1.54, 1.807) is 18.0 Å². The lowest BCUT2D eigenvalue weighted by Crippen LogP contribution is -2.40. The number of nitrogens with one attached hydrogen (secondary N) is 1. The number of amides is 1. The number of carbonyl (C=O) groups is 1. The van der Waals surface area contributed by atoms with E-state index in [1.165, 1.54) is 0 Å². The van der Waals surface area contributed by atoms with Gasteiger partial charge in [-0.3, -0.25) is 4.79 Å². The van der Waals surface area contributed by atoms with E-state index in [0.29, 0.717) is 19.8 Å². The molecule has 1 N–H and O–H groups in total. The lowest BCUT2D eigenvalue weighted by atomic mass is 9.93. The van der Waals surface area contributed by atoms with Crippen LogP contribution in [-0.4, -0.2) is 40.7 Å². The van der Waals surface area contributed by atoms with Crippen LogP contribution in [0.25, 0.3) is 0 Å². The molecule has 7 nitrogen and oxygen atoms in total. The molecule has 2 heterocycles. The molecule has 1 aliphatic heterocycles. The van der Waals surface area contributed by atoms with Crippen LogP contribution < -0.4 is 10.1 Å². The highest BCUT2D eigenvalue weighted by molar-refractivity contribution is 5.79. The van der Waals surface area contributed by atoms with Gasteiger partial charge in [0.25, 0.3) is 0 Å². The molecule has 0 fully saturated rings. The van der Waals surface area contributed by atoms with Gasteiger partial charge in [0, 0.05) is 12.0 Å². The first-order chi connectivity index (χ1) is 12.2. The van der Waals surface area contributed by atoms with Crippen LogP contribution in [0.1, 0.15) is 24.6 Å². The summed E-state index contributed by atoms with van der Waals surface area (Å²) >= 11 is 0. The second-order valence-electron chi connectivity index (χ2n) is 6.42. The van der Waals surface area contributed by atoms with Crippen molar-refractivity contribution in [2.45, 2.75) is 39.0 Å². The minimum absolute atomic E-state index is 0.0454. The highest BCUT2D eigenvalue weighted by Gasteiger charge is 2.22. The van der Waals surface area contributed by atoms with Gasteiger partial charge in [-0.05, 0) is 43.9 Å². The summed E-state index contributed by atoms with van der Waals surface area (Å²) in [6.45, 7) is 2.75. The Morgan fingerprint density at radius 3 is 2.92 bits per heavy atom. The van der Waals surface area contributed by atoms with Crippen LogP contribution >= 0.6 is 0 Å². The van der Waals surface area contributed by atoms with Crippen molar-refractivity contribution in [2.24, 2.45) is 5.92 Å². The van der Waals surface area contributed by atoms with Crippen LogP contribution in [0.4, 0.5) is 0 Å². The number of hydrogen-bond acceptors (Lipinski definition) is 5. The monoisotopic (exact) mass is 344 g/mol. The summed E-state index contributed by atoms with van der Waals surface area (Å²) in [7, 11) is 1.65. The molecule has 2 atom stereocenters. The van der Waals surface area contributed by atoms with E-state index in [9.17, 15) is 4.79 Å². The second kappa shape index (κ2) is 8.11. The van der Waals surface area contributed by atoms with Crippen LogP contribution in [0, 0.1) is 5.92 Å². The van der Waals surface area contributed by atoms with E-state index in [2.05, 4.69) is 15.6 Å². The van der Waals surface area contributed by atoms with Gasteiger partial charge in [-0.25, -0.2) is 4.68 Å². The minimum Gasteiger partial charge on any atom is -0.497 e. The molecule has 0 spiro atoms. The van der Waals surface area contributed by atoms with Gasteiger partial charge in [-0.15, -0.1) is 5.10 Å². The van der Waals surface area contributed by atoms with E-state index < -0.39 is 0 Å². The highest BCUT2D eigenvalue weighted by Crippen LogP contribution is 2.19. The Labute approximate surface area is 147 Å². The zero-order chi connectivity index (χ0) is 17.6. The largest absolute Gasteiger partial charge is 0.497 e. The molecule has 1 amide bonds. The average Bonchev–Trinajstić information content (AvgIpc) is 3.05. The average molecular weight is 344 g/mol. The normalized spacial score (nSPS) is 21.8. The Kier molecular flexibility index (Phi) is 5.65. The van der Waals surface area contributed by atoms with Crippen molar-refractivity contribution >= 4 is 5.91 Å². The summed E-state index contributed by atoms with van der Waals surface area (Å²) in [4.78, 5) is 12.7. The summed E-state index contributed by atoms with van der Waals surface area (Å²) in [5.41, 5.74) is 2.11. The summed E-state index contributed by atoms with van der Waals surface area (Å²) < 4.78 is 12.6. The lowest BCUT2D eigenvalue weighted by Gasteiger charge is -2.19. The third-order valence-electron chi connectivity index (χ3n) is 4.43. The van der Waals surface area contributed by atoms with Crippen molar-refractivity contribution in [3.63, 3.8) is 0 Å². The van der Waals surface area contributed by atoms with Gasteiger partial charge in [0.1, 0.15) is 12.5 Å². The van der Waals surface area contributed by atoms with E-state index in [0.717, 1.165) is 29.8 Å². The molecule has 1 aliphatic rings. The smallest absolute Gasteiger partial charge is 0.223 e. The Morgan fingerprint density at radius 1 is 1.36 bits per heavy atom. The predicted octanol–water partition coefficient (Wildman–Crippen LogP) is 1.57. The standard InChI is InChI=1S/C18H24N4O3/c1-13-11-25-12-22-16(10-19-21-22)6-5-15(18(23)20-13)9-14-3-7-17(24-2)8-4-14/h3-4,7-8,10,13,15H,5-6,9,11-12H2,1-2H3,(H,20,23)/t13-,15-/m1/s1. The van der Waals surface area contributed by atoms with Gasteiger partial charge >= 0.3 is 0 Å². The molecule has 7 heteroatoms. The number of rotatable bonds is 3. The SMILES string of the molecule is COc1ccc(C[C@H]2CCc3cnnn3COC[C@@H](C)NC2=O)cc1. The molecular formula is C18H24N4O3. The summed E-state index contributed by atoms with van der Waals surface area (Å²) in [5.74, 6) is 0.765. The quantitative estimate of drug-likeness (QED) is 0.914. The van der Waals surface area contributed by atoms with Crippen molar-refractivity contribution in [2.75, 3.05) is 13.7 Å². The van der Waals surface area contributed by atoms with E-state index in [-0.39, 0.29) is 17.9 Å². The molecule has 1 aromatic heterocycles. The molecule has 2 aromatic rings. The molecule has 134 valence electrons. The number of hydrogen-bond donors (Lipinski definition) is 1. The van der Waals surface area contributed by atoms with Gasteiger partial charge in [0.15, 0.2) is 0 Å². The molecule has 0 unspecified atom stereocenters. The highest BCUT2D eigenvalue weighted by atomic mass is 16.5. The van der Waals surface area contributed by atoms with Gasteiger partial charge in [-0.1, -0.05) is 17.3 Å². The van der Waals surface area contributed by atoms with Gasteiger partial charge in [-0.2, -0.15) is 0 Å². The van der Waals surface area contributed by atoms with E-state index >= 15 is 0 Å². The van der Waals surface area contributed by atoms with E-state index in [4.69, 9.17) is 9.47 Å². The Morgan fingerprint density at radius 2 is 2.16 bits per heavy atom. The number of carbonyl (C=O) groups excluding carboxylic acids is 1. The van der Waals surface area contributed by atoms with Crippen molar-refractivity contribution in [3.05, 3.63) is 41.7 Å². The predicted molar refractivity (Wildman–Crippen MR) is 92.1 cm³/mol. The zero-order valence-electron chi connectivity index (χ0n) is 14.6. The summed E-state index contributed by atoms with van der Waals surface area (Å²) in [6.07, 6.45) is 3.90. The third kappa shape index (κ3) is 4.57. The van der Waals surface area contributed by atoms with E-state index in [1.807, 2.05) is 31.2 Å². The van der Waals surface area contributed by atoms with Crippen LogP contribution in [0.5, 0.6) is 5.75 Å². The Bertz CT molecular complexity index is 699. The molecule has 0 saturated carbocycles. The Hall–Kier alpha value is -2.41. The number of fused-ring (bicyclic) bond motifs is 1. The molecule has 0 radical (unpaired) electrons. The molecule has 1 aromatic carbocycles. The van der Waals surface area contributed by atoms with Crippen LogP contribution in [0.2, 0.25) is 0 Å². The van der Waals surface area contributed by atoms with Gasteiger partial charge in [0.05, 0.1) is 25.6 Å². The second-order valence-corrected chi connectivity index (χ2v) is 6.42. The number of ether oxygens (including phenoxy) is 2. The summed E-state index contributed by atoms with van der Waals surface area (Å²) in [5, 5.41) is 11.1. The zero-order valence-corrected chi connectivity index (χ0v) is 14.6. The topological polar surface area (TPSA) is 78.3 Å². The molecule has 25 heavy (non-hydrogen) atoms. The summed E-state index contributed by atoms with van der Waals surface area (Å²) in [6, 6.07) is 7.82. The van der Waals surface area contributed by atoms with Crippen LogP contribution in [0.15, 0.2) is 30.5 Å². The van der Waals surface area contributed by atoms with Crippen LogP contribution in [-0.2, 0) is 29.1 Å². The number of aromatic nitrogens is 3. The fourth-order valence-corrected chi connectivity index (χ4v) is 2.99. The van der Waals surface area contributed by atoms with Gasteiger partial charge < -0.3 is 14.8 Å². The number of aryl methyl sites for hydroxylation is 1. The first-order valence-electron chi connectivity index (χ1n) is 8.54. The Balaban J connectivity index is 1.75. The number of methoxy groups -OCH3 is 1. The van der Waals surface area contributed by atoms with Crippen molar-refractivity contribution < 1.29 is 14.3 Å². The fraction of sp³-hybridized carbons (Fsp3) is 0.500.